The number of nitrogens with one attached hydrogen (secondary N) is 1. The predicted octanol–water partition coefficient (Wildman–Crippen LogP) is 2.92. The van der Waals surface area contributed by atoms with Crippen molar-refractivity contribution in [1.82, 2.24) is 14.1 Å². The summed E-state index contributed by atoms with van der Waals surface area (Å²) >= 11 is 0. The van der Waals surface area contributed by atoms with Crippen LogP contribution in [-0.2, 0) is 21.4 Å². The minimum Gasteiger partial charge on any atom is -0.495 e. The molecule has 4 rings (SSSR count). The molecule has 1 aromatic carbocycles. The molecule has 34 heavy (non-hydrogen) atoms. The number of ether oxygens (including phenoxy) is 2. The van der Waals surface area contributed by atoms with Gasteiger partial charge in [0.05, 0.1) is 18.4 Å². The lowest BCUT2D eigenvalue weighted by Gasteiger charge is -2.29. The van der Waals surface area contributed by atoms with Gasteiger partial charge in [0.25, 0.3) is 5.56 Å². The molecule has 0 saturated heterocycles. The van der Waals surface area contributed by atoms with Gasteiger partial charge in [0, 0.05) is 18.3 Å². The second-order valence-corrected chi connectivity index (χ2v) is 10.1. The Kier molecular flexibility index (Phi) is 6.99. The van der Waals surface area contributed by atoms with Crippen molar-refractivity contribution in [3.63, 3.8) is 0 Å². The van der Waals surface area contributed by atoms with E-state index in [9.17, 15) is 18.0 Å². The van der Waals surface area contributed by atoms with Gasteiger partial charge in [0.15, 0.2) is 0 Å². The second-order valence-electron chi connectivity index (χ2n) is 8.45. The van der Waals surface area contributed by atoms with Crippen LogP contribution < -0.4 is 15.0 Å². The van der Waals surface area contributed by atoms with E-state index in [1.165, 1.54) is 35.8 Å². The van der Waals surface area contributed by atoms with Crippen LogP contribution in [0.15, 0.2) is 58.4 Å². The van der Waals surface area contributed by atoms with Crippen molar-refractivity contribution in [3.05, 3.63) is 70.3 Å². The van der Waals surface area contributed by atoms with Gasteiger partial charge in [-0.3, -0.25) is 9.20 Å². The summed E-state index contributed by atoms with van der Waals surface area (Å²) in [5.41, 5.74) is 0.480. The minimum atomic E-state index is -3.93. The lowest BCUT2D eigenvalue weighted by Crippen LogP contribution is -2.41. The fourth-order valence-corrected chi connectivity index (χ4v) is 5.74. The summed E-state index contributed by atoms with van der Waals surface area (Å²) in [5.74, 6) is -0.377. The normalized spacial score (nSPS) is 18.5. The highest BCUT2D eigenvalue weighted by molar-refractivity contribution is 7.89. The van der Waals surface area contributed by atoms with Crippen LogP contribution in [0.25, 0.3) is 5.65 Å². The van der Waals surface area contributed by atoms with Gasteiger partial charge in [-0.25, -0.2) is 22.9 Å². The molecule has 3 aromatic rings. The van der Waals surface area contributed by atoms with E-state index >= 15 is 0 Å². The summed E-state index contributed by atoms with van der Waals surface area (Å²) in [6, 6.07) is 10.4. The third-order valence-corrected chi connectivity index (χ3v) is 7.59. The number of hydrogen-bond donors (Lipinski definition) is 1. The van der Waals surface area contributed by atoms with Gasteiger partial charge >= 0.3 is 5.97 Å². The van der Waals surface area contributed by atoms with E-state index in [0.717, 1.165) is 25.7 Å². The maximum atomic E-state index is 13.2. The van der Waals surface area contributed by atoms with Gasteiger partial charge in [-0.1, -0.05) is 25.8 Å². The molecule has 9 nitrogen and oxygen atoms in total. The zero-order valence-electron chi connectivity index (χ0n) is 19.1. The maximum Gasteiger partial charge on any atom is 0.338 e. The Bertz CT molecular complexity index is 1370. The van der Waals surface area contributed by atoms with E-state index in [1.54, 1.807) is 24.4 Å². The summed E-state index contributed by atoms with van der Waals surface area (Å²) in [6.45, 7) is 1.80. The molecule has 0 aliphatic heterocycles. The predicted molar refractivity (Wildman–Crippen MR) is 125 cm³/mol. The first-order valence-corrected chi connectivity index (χ1v) is 12.6. The van der Waals surface area contributed by atoms with Crippen molar-refractivity contribution in [2.75, 3.05) is 7.11 Å². The summed E-state index contributed by atoms with van der Waals surface area (Å²) in [4.78, 5) is 29.1. The molecule has 0 bridgehead atoms. The van der Waals surface area contributed by atoms with Crippen LogP contribution in [0.2, 0.25) is 0 Å². The molecular formula is C24H27N3O6S. The number of benzene rings is 1. The molecular weight excluding hydrogens is 458 g/mol. The highest BCUT2D eigenvalue weighted by atomic mass is 32.2. The first kappa shape index (κ1) is 23.9. The molecule has 0 radical (unpaired) electrons. The standard InChI is InChI=1S/C24H27N3O6S/c1-16-7-3-4-8-19(16)26-34(30,31)21-13-17(10-11-20(21)32-2)24(29)33-15-18-14-23(28)27-12-6-5-9-22(27)25-18/h5-6,9-14,16,19,26H,3-4,7-8,15H2,1-2H3/t16-,19-/m0/s1. The Morgan fingerprint density at radius 3 is 2.74 bits per heavy atom. The lowest BCUT2D eigenvalue weighted by atomic mass is 9.87. The van der Waals surface area contributed by atoms with Gasteiger partial charge in [0.1, 0.15) is 22.9 Å². The van der Waals surface area contributed by atoms with Crippen molar-refractivity contribution < 1.29 is 22.7 Å². The average molecular weight is 486 g/mol. The summed E-state index contributed by atoms with van der Waals surface area (Å²) in [7, 11) is -2.55. The van der Waals surface area contributed by atoms with Crippen molar-refractivity contribution >= 4 is 21.6 Å². The van der Waals surface area contributed by atoms with E-state index in [4.69, 9.17) is 9.47 Å². The highest BCUT2D eigenvalue weighted by Crippen LogP contribution is 2.29. The number of rotatable bonds is 7. The van der Waals surface area contributed by atoms with Gasteiger partial charge in [0.2, 0.25) is 10.0 Å². The first-order valence-electron chi connectivity index (χ1n) is 11.1. The molecule has 1 saturated carbocycles. The largest absolute Gasteiger partial charge is 0.495 e. The van der Waals surface area contributed by atoms with Crippen molar-refractivity contribution in [3.8, 4) is 5.75 Å². The summed E-state index contributed by atoms with van der Waals surface area (Å²) in [6.07, 6.45) is 5.38. The third-order valence-electron chi connectivity index (χ3n) is 6.08. The summed E-state index contributed by atoms with van der Waals surface area (Å²) < 4.78 is 41.0. The number of nitrogens with zero attached hydrogens (tertiary/aromatic N) is 2. The van der Waals surface area contributed by atoms with E-state index in [0.29, 0.717) is 11.3 Å². The number of sulfonamides is 1. The van der Waals surface area contributed by atoms with Crippen molar-refractivity contribution in [2.45, 2.75) is 50.2 Å². The lowest BCUT2D eigenvalue weighted by molar-refractivity contribution is 0.0467. The molecule has 2 atom stereocenters. The summed E-state index contributed by atoms with van der Waals surface area (Å²) in [5, 5.41) is 0. The topological polar surface area (TPSA) is 116 Å². The monoisotopic (exact) mass is 485 g/mol. The number of fused-ring (bicyclic) bond motifs is 1. The number of aromatic nitrogens is 2. The number of methoxy groups -OCH3 is 1. The maximum absolute atomic E-state index is 13.2. The van der Waals surface area contributed by atoms with Crippen LogP contribution in [-0.4, -0.2) is 36.9 Å². The molecule has 2 heterocycles. The minimum absolute atomic E-state index is 0.0513. The van der Waals surface area contributed by atoms with E-state index in [1.807, 2.05) is 6.92 Å². The molecule has 1 aliphatic rings. The van der Waals surface area contributed by atoms with E-state index < -0.39 is 16.0 Å². The van der Waals surface area contributed by atoms with Crippen molar-refractivity contribution in [2.24, 2.45) is 5.92 Å². The Hall–Kier alpha value is -3.24. The second kappa shape index (κ2) is 9.94. The zero-order valence-corrected chi connectivity index (χ0v) is 19.9. The Morgan fingerprint density at radius 2 is 1.97 bits per heavy atom. The van der Waals surface area contributed by atoms with Crippen LogP contribution in [0, 0.1) is 5.92 Å². The van der Waals surface area contributed by atoms with Crippen LogP contribution in [0.3, 0.4) is 0 Å². The highest BCUT2D eigenvalue weighted by Gasteiger charge is 2.29. The quantitative estimate of drug-likeness (QED) is 0.512. The number of hydrogen-bond acceptors (Lipinski definition) is 7. The number of carbonyl (C=O) groups excluding carboxylic acids is 1. The third kappa shape index (κ3) is 5.13. The molecule has 1 aliphatic carbocycles. The van der Waals surface area contributed by atoms with Crippen LogP contribution in [0.1, 0.15) is 48.7 Å². The van der Waals surface area contributed by atoms with Crippen LogP contribution in [0.5, 0.6) is 5.75 Å². The number of carbonyl (C=O) groups is 1. The van der Waals surface area contributed by atoms with Crippen LogP contribution >= 0.6 is 0 Å². The fourth-order valence-electron chi connectivity index (χ4n) is 4.17. The van der Waals surface area contributed by atoms with Gasteiger partial charge in [-0.05, 0) is 49.1 Å². The molecule has 10 heteroatoms. The fraction of sp³-hybridized carbons (Fsp3) is 0.375. The van der Waals surface area contributed by atoms with Crippen molar-refractivity contribution in [1.29, 1.82) is 0 Å². The van der Waals surface area contributed by atoms with E-state index in [2.05, 4.69) is 9.71 Å². The van der Waals surface area contributed by atoms with Gasteiger partial charge in [-0.15, -0.1) is 0 Å². The molecule has 0 unspecified atom stereocenters. The molecule has 0 spiro atoms. The molecule has 0 amide bonds. The van der Waals surface area contributed by atoms with E-state index in [-0.39, 0.29) is 40.3 Å². The Morgan fingerprint density at radius 1 is 1.18 bits per heavy atom. The molecule has 1 N–H and O–H groups in total. The Balaban J connectivity index is 1.53. The zero-order chi connectivity index (χ0) is 24.3. The molecule has 2 aromatic heterocycles. The average Bonchev–Trinajstić information content (AvgIpc) is 2.83. The number of esters is 1. The molecule has 1 fully saturated rings. The molecule has 180 valence electrons. The smallest absolute Gasteiger partial charge is 0.338 e. The Labute approximate surface area is 197 Å². The van der Waals surface area contributed by atoms with Crippen LogP contribution in [0.4, 0.5) is 0 Å². The number of pyridine rings is 1. The first-order chi connectivity index (χ1) is 16.3. The van der Waals surface area contributed by atoms with Gasteiger partial charge < -0.3 is 9.47 Å². The SMILES string of the molecule is COc1ccc(C(=O)OCc2cc(=O)n3ccccc3n2)cc1S(=O)(=O)N[C@H]1CCCC[C@@H]1C. The van der Waals surface area contributed by atoms with Gasteiger partial charge in [-0.2, -0.15) is 0 Å².